The number of rotatable bonds is 6. The Morgan fingerprint density at radius 2 is 1.90 bits per heavy atom. The van der Waals surface area contributed by atoms with Crippen LogP contribution in [0.3, 0.4) is 0 Å². The van der Waals surface area contributed by atoms with Crippen molar-refractivity contribution in [3.05, 3.63) is 64.1 Å². The van der Waals surface area contributed by atoms with E-state index >= 15 is 0 Å². The SMILES string of the molecule is O=C(O)c1ccc(Br)cc1S(=O)COCc1ccccc1. The fourth-order valence-corrected chi connectivity index (χ4v) is 3.27. The molecule has 1 unspecified atom stereocenters. The van der Waals surface area contributed by atoms with E-state index in [1.165, 1.54) is 6.07 Å². The Bertz CT molecular complexity index is 658. The fourth-order valence-electron chi connectivity index (χ4n) is 1.73. The number of benzene rings is 2. The Balaban J connectivity index is 2.03. The van der Waals surface area contributed by atoms with Gasteiger partial charge in [0.1, 0.15) is 5.94 Å². The summed E-state index contributed by atoms with van der Waals surface area (Å²) < 4.78 is 18.3. The lowest BCUT2D eigenvalue weighted by atomic mass is 10.2. The van der Waals surface area contributed by atoms with Gasteiger partial charge in [0, 0.05) is 4.47 Å². The molecule has 0 amide bonds. The lowest BCUT2D eigenvalue weighted by molar-refractivity contribution is 0.0693. The first kappa shape index (κ1) is 15.9. The summed E-state index contributed by atoms with van der Waals surface area (Å²) in [4.78, 5) is 11.4. The predicted octanol–water partition coefficient (Wildman–Crippen LogP) is 3.43. The third-order valence-corrected chi connectivity index (χ3v) is 4.42. The van der Waals surface area contributed by atoms with Crippen molar-refractivity contribution in [1.82, 2.24) is 0 Å². The molecular formula is C15H13BrO4S. The molecular weight excluding hydrogens is 356 g/mol. The lowest BCUT2D eigenvalue weighted by Gasteiger charge is -2.08. The molecule has 0 bridgehead atoms. The number of carbonyl (C=O) groups is 1. The molecule has 6 heteroatoms. The molecule has 21 heavy (non-hydrogen) atoms. The molecule has 0 spiro atoms. The minimum Gasteiger partial charge on any atom is -0.478 e. The summed E-state index contributed by atoms with van der Waals surface area (Å²) in [6.45, 7) is 0.336. The fraction of sp³-hybridized carbons (Fsp3) is 0.133. The van der Waals surface area contributed by atoms with Gasteiger partial charge in [-0.25, -0.2) is 4.79 Å². The van der Waals surface area contributed by atoms with Gasteiger partial charge in [-0.3, -0.25) is 4.21 Å². The largest absolute Gasteiger partial charge is 0.478 e. The molecule has 0 aliphatic heterocycles. The minimum atomic E-state index is -1.53. The van der Waals surface area contributed by atoms with Crippen molar-refractivity contribution in [2.24, 2.45) is 0 Å². The van der Waals surface area contributed by atoms with Crippen LogP contribution in [0.5, 0.6) is 0 Å². The summed E-state index contributed by atoms with van der Waals surface area (Å²) in [5.41, 5.74) is 1.00. The summed E-state index contributed by atoms with van der Waals surface area (Å²) >= 11 is 3.25. The van der Waals surface area contributed by atoms with Crippen LogP contribution >= 0.6 is 15.9 Å². The van der Waals surface area contributed by atoms with Gasteiger partial charge in [0.25, 0.3) is 0 Å². The van der Waals surface area contributed by atoms with Gasteiger partial charge in [-0.05, 0) is 23.8 Å². The van der Waals surface area contributed by atoms with E-state index in [1.54, 1.807) is 12.1 Å². The van der Waals surface area contributed by atoms with Gasteiger partial charge in [0.05, 0.1) is 27.9 Å². The molecule has 0 saturated carbocycles. The number of halogens is 1. The van der Waals surface area contributed by atoms with Gasteiger partial charge in [0.15, 0.2) is 0 Å². The summed E-state index contributed by atoms with van der Waals surface area (Å²) in [7, 11) is -1.53. The van der Waals surface area contributed by atoms with E-state index in [2.05, 4.69) is 15.9 Å². The number of ether oxygens (including phenoxy) is 1. The van der Waals surface area contributed by atoms with Crippen LogP contribution in [-0.2, 0) is 22.1 Å². The standard InChI is InChI=1S/C15H13BrO4S/c16-12-6-7-13(15(17)18)14(8-12)21(19)10-20-9-11-4-2-1-3-5-11/h1-8H,9-10H2,(H,17,18). The van der Waals surface area contributed by atoms with E-state index < -0.39 is 16.8 Å². The van der Waals surface area contributed by atoms with Gasteiger partial charge >= 0.3 is 5.97 Å². The van der Waals surface area contributed by atoms with Crippen LogP contribution in [0.25, 0.3) is 0 Å². The van der Waals surface area contributed by atoms with Crippen LogP contribution in [0, 0.1) is 0 Å². The number of carboxylic acid groups (broad SMARTS) is 1. The van der Waals surface area contributed by atoms with Crippen LogP contribution in [0.2, 0.25) is 0 Å². The van der Waals surface area contributed by atoms with E-state index in [-0.39, 0.29) is 16.4 Å². The highest BCUT2D eigenvalue weighted by atomic mass is 79.9. The maximum atomic E-state index is 12.2. The number of carboxylic acids is 1. The van der Waals surface area contributed by atoms with E-state index in [1.807, 2.05) is 30.3 Å². The van der Waals surface area contributed by atoms with Crippen LogP contribution in [0.4, 0.5) is 0 Å². The normalized spacial score (nSPS) is 12.0. The Morgan fingerprint density at radius 3 is 2.57 bits per heavy atom. The quantitative estimate of drug-likeness (QED) is 0.848. The third kappa shape index (κ3) is 4.49. The first-order valence-corrected chi connectivity index (χ1v) is 8.22. The van der Waals surface area contributed by atoms with E-state index in [0.29, 0.717) is 11.1 Å². The van der Waals surface area contributed by atoms with Crippen LogP contribution < -0.4 is 0 Å². The molecule has 4 nitrogen and oxygen atoms in total. The van der Waals surface area contributed by atoms with E-state index in [4.69, 9.17) is 9.84 Å². The van der Waals surface area contributed by atoms with Gasteiger partial charge in [-0.1, -0.05) is 46.3 Å². The second-order valence-electron chi connectivity index (χ2n) is 4.24. The lowest BCUT2D eigenvalue weighted by Crippen LogP contribution is -2.09. The first-order valence-electron chi connectivity index (χ1n) is 6.11. The van der Waals surface area contributed by atoms with Gasteiger partial charge in [0.2, 0.25) is 0 Å². The van der Waals surface area contributed by atoms with E-state index in [0.717, 1.165) is 5.56 Å². The highest BCUT2D eigenvalue weighted by Gasteiger charge is 2.16. The summed E-state index contributed by atoms with van der Waals surface area (Å²) in [5.74, 6) is -1.15. The highest BCUT2D eigenvalue weighted by molar-refractivity contribution is 9.10. The van der Waals surface area contributed by atoms with Gasteiger partial charge in [-0.2, -0.15) is 0 Å². The van der Waals surface area contributed by atoms with Crippen molar-refractivity contribution in [2.75, 3.05) is 5.94 Å². The number of hydrogen-bond acceptors (Lipinski definition) is 3. The van der Waals surface area contributed by atoms with E-state index in [9.17, 15) is 9.00 Å². The molecule has 0 aromatic heterocycles. The van der Waals surface area contributed by atoms with Crippen molar-refractivity contribution in [1.29, 1.82) is 0 Å². The smallest absolute Gasteiger partial charge is 0.336 e. The molecule has 2 rings (SSSR count). The number of hydrogen-bond donors (Lipinski definition) is 1. The van der Waals surface area contributed by atoms with Crippen LogP contribution in [0.15, 0.2) is 57.9 Å². The maximum absolute atomic E-state index is 12.2. The first-order chi connectivity index (χ1) is 10.1. The zero-order valence-electron chi connectivity index (χ0n) is 11.0. The average Bonchev–Trinajstić information content (AvgIpc) is 2.47. The van der Waals surface area contributed by atoms with Gasteiger partial charge in [-0.15, -0.1) is 0 Å². The Hall–Kier alpha value is -1.50. The van der Waals surface area contributed by atoms with Gasteiger partial charge < -0.3 is 9.84 Å². The third-order valence-electron chi connectivity index (χ3n) is 2.72. The molecule has 0 saturated heterocycles. The second-order valence-corrected chi connectivity index (χ2v) is 6.53. The summed E-state index contributed by atoms with van der Waals surface area (Å²) in [6.07, 6.45) is 0. The Kier molecular flexibility index (Phi) is 5.67. The monoisotopic (exact) mass is 368 g/mol. The summed E-state index contributed by atoms with van der Waals surface area (Å²) in [5, 5.41) is 9.12. The molecule has 1 N–H and O–H groups in total. The van der Waals surface area contributed by atoms with Crippen LogP contribution in [-0.4, -0.2) is 21.2 Å². The zero-order valence-corrected chi connectivity index (χ0v) is 13.4. The number of aromatic carboxylic acids is 1. The molecule has 0 radical (unpaired) electrons. The Labute approximate surface area is 133 Å². The molecule has 0 fully saturated rings. The van der Waals surface area contributed by atoms with Crippen LogP contribution in [0.1, 0.15) is 15.9 Å². The summed E-state index contributed by atoms with van der Waals surface area (Å²) in [6, 6.07) is 14.1. The molecule has 2 aromatic carbocycles. The average molecular weight is 369 g/mol. The van der Waals surface area contributed by atoms with Crippen molar-refractivity contribution >= 4 is 32.7 Å². The molecule has 110 valence electrons. The predicted molar refractivity (Wildman–Crippen MR) is 83.6 cm³/mol. The maximum Gasteiger partial charge on any atom is 0.336 e. The zero-order chi connectivity index (χ0) is 15.2. The molecule has 1 atom stereocenters. The van der Waals surface area contributed by atoms with Crippen molar-refractivity contribution < 1.29 is 18.8 Å². The highest BCUT2D eigenvalue weighted by Crippen LogP contribution is 2.20. The molecule has 2 aromatic rings. The van der Waals surface area contributed by atoms with Crippen molar-refractivity contribution in [3.63, 3.8) is 0 Å². The molecule has 0 aliphatic carbocycles. The topological polar surface area (TPSA) is 63.6 Å². The minimum absolute atomic E-state index is 0.0276. The molecule has 0 heterocycles. The Morgan fingerprint density at radius 1 is 1.19 bits per heavy atom. The molecule has 0 aliphatic rings. The van der Waals surface area contributed by atoms with Crippen molar-refractivity contribution in [2.45, 2.75) is 11.5 Å². The van der Waals surface area contributed by atoms with Crippen molar-refractivity contribution in [3.8, 4) is 0 Å². The second kappa shape index (κ2) is 7.49.